The Hall–Kier alpha value is -3.68. The Bertz CT molecular complexity index is 1270. The van der Waals surface area contributed by atoms with E-state index in [1.807, 2.05) is 18.2 Å². The summed E-state index contributed by atoms with van der Waals surface area (Å²) in [6.45, 7) is 7.61. The van der Waals surface area contributed by atoms with Gasteiger partial charge in [0, 0.05) is 0 Å². The fraction of sp³-hybridized carbons (Fsp3) is 0.412. The minimum absolute atomic E-state index is 0.358. The van der Waals surface area contributed by atoms with E-state index in [1.165, 1.54) is 22.3 Å². The minimum Gasteiger partial charge on any atom is -0.494 e. The predicted octanol–water partition coefficient (Wildman–Crippen LogP) is 4.51. The lowest BCUT2D eigenvalue weighted by molar-refractivity contribution is -0.128. The Kier molecular flexibility index (Phi) is 12.4. The van der Waals surface area contributed by atoms with Gasteiger partial charge in [-0.05, 0) is 105 Å². The van der Waals surface area contributed by atoms with Gasteiger partial charge in [0.1, 0.15) is 11.8 Å². The van der Waals surface area contributed by atoms with Crippen LogP contribution >= 0.6 is 0 Å². The van der Waals surface area contributed by atoms with Gasteiger partial charge in [0.25, 0.3) is 0 Å². The van der Waals surface area contributed by atoms with Crippen LogP contribution in [0.25, 0.3) is 11.1 Å². The van der Waals surface area contributed by atoms with Crippen LogP contribution in [0.1, 0.15) is 60.4 Å². The van der Waals surface area contributed by atoms with Crippen molar-refractivity contribution in [3.8, 4) is 16.9 Å². The van der Waals surface area contributed by atoms with Gasteiger partial charge in [-0.1, -0.05) is 66.6 Å². The Morgan fingerprint density at radius 1 is 0.902 bits per heavy atom. The van der Waals surface area contributed by atoms with Crippen molar-refractivity contribution in [2.45, 2.75) is 77.8 Å². The third kappa shape index (κ3) is 10.0. The number of aryl methyl sites for hydroxylation is 4. The zero-order valence-corrected chi connectivity index (χ0v) is 24.7. The number of nitrogens with one attached hydrogen (secondary N) is 1. The zero-order valence-electron chi connectivity index (χ0n) is 24.7. The molecule has 0 heterocycles. The van der Waals surface area contributed by atoms with Gasteiger partial charge in [-0.15, -0.1) is 0 Å². The van der Waals surface area contributed by atoms with Crippen LogP contribution < -0.4 is 27.3 Å². The number of ether oxygens (including phenoxy) is 1. The molecule has 0 aliphatic rings. The quantitative estimate of drug-likeness (QED) is 0.192. The van der Waals surface area contributed by atoms with E-state index < -0.39 is 18.0 Å². The molecule has 0 fully saturated rings. The number of hydrogen-bond donors (Lipinski definition) is 4. The van der Waals surface area contributed by atoms with Gasteiger partial charge < -0.3 is 27.3 Å². The highest BCUT2D eigenvalue weighted by molar-refractivity contribution is 5.89. The first-order valence-electron chi connectivity index (χ1n) is 14.7. The highest BCUT2D eigenvalue weighted by atomic mass is 16.5. The van der Waals surface area contributed by atoms with Crippen LogP contribution in [-0.2, 0) is 28.9 Å². The zero-order chi connectivity index (χ0) is 29.8. The maximum absolute atomic E-state index is 12.8. The molecule has 0 unspecified atom stereocenters. The second-order valence-electron chi connectivity index (χ2n) is 10.9. The standard InChI is InChI=1S/C34H46N4O3/c1-4-27-22-29(41-17-6-5-16-35)14-15-30(27)28-12-10-25(11-13-28)21-31(36)34(40)38-32(33(37)39)9-7-8-26-19-23(2)18-24(3)20-26/h10-15,18-20,22,31-32H,4-9,16-17,21,35-36H2,1-3H3,(H2,37,39)(H,38,40)/t31-,32-/m0/s1. The molecule has 0 spiro atoms. The molecule has 7 nitrogen and oxygen atoms in total. The molecule has 2 atom stereocenters. The Morgan fingerprint density at radius 2 is 1.61 bits per heavy atom. The van der Waals surface area contributed by atoms with Crippen LogP contribution in [0.5, 0.6) is 5.75 Å². The summed E-state index contributed by atoms with van der Waals surface area (Å²) in [5, 5.41) is 2.77. The average molecular weight is 559 g/mol. The van der Waals surface area contributed by atoms with Crippen molar-refractivity contribution in [2.75, 3.05) is 13.2 Å². The van der Waals surface area contributed by atoms with E-state index in [2.05, 4.69) is 68.6 Å². The van der Waals surface area contributed by atoms with Crippen LogP contribution in [0.4, 0.5) is 0 Å². The van der Waals surface area contributed by atoms with E-state index in [0.717, 1.165) is 54.5 Å². The summed E-state index contributed by atoms with van der Waals surface area (Å²) in [7, 11) is 0. The molecule has 3 aromatic carbocycles. The van der Waals surface area contributed by atoms with Crippen molar-refractivity contribution in [1.82, 2.24) is 5.32 Å². The van der Waals surface area contributed by atoms with Crippen LogP contribution in [-0.4, -0.2) is 37.0 Å². The van der Waals surface area contributed by atoms with Gasteiger partial charge in [-0.2, -0.15) is 0 Å². The number of carbonyl (C=O) groups excluding carboxylic acids is 2. The molecule has 0 bridgehead atoms. The van der Waals surface area contributed by atoms with E-state index in [0.29, 0.717) is 26.0 Å². The summed E-state index contributed by atoms with van der Waals surface area (Å²) < 4.78 is 5.88. The van der Waals surface area contributed by atoms with E-state index in [4.69, 9.17) is 21.9 Å². The summed E-state index contributed by atoms with van der Waals surface area (Å²) in [5.74, 6) is -0.0515. The summed E-state index contributed by atoms with van der Waals surface area (Å²) in [6, 6.07) is 19.2. The minimum atomic E-state index is -0.788. The Morgan fingerprint density at radius 3 is 2.24 bits per heavy atom. The molecule has 41 heavy (non-hydrogen) atoms. The molecular formula is C34H46N4O3. The fourth-order valence-electron chi connectivity index (χ4n) is 5.13. The van der Waals surface area contributed by atoms with Crippen molar-refractivity contribution in [1.29, 1.82) is 0 Å². The normalized spacial score (nSPS) is 12.5. The second-order valence-corrected chi connectivity index (χ2v) is 10.9. The first-order valence-corrected chi connectivity index (χ1v) is 14.7. The summed E-state index contributed by atoms with van der Waals surface area (Å²) in [6.07, 6.45) is 5.14. The van der Waals surface area contributed by atoms with Crippen LogP contribution in [0.15, 0.2) is 60.7 Å². The number of benzene rings is 3. The van der Waals surface area contributed by atoms with Crippen molar-refractivity contribution in [2.24, 2.45) is 17.2 Å². The van der Waals surface area contributed by atoms with Crippen LogP contribution in [0.3, 0.4) is 0 Å². The summed E-state index contributed by atoms with van der Waals surface area (Å²) >= 11 is 0. The van der Waals surface area contributed by atoms with Gasteiger partial charge in [0.15, 0.2) is 0 Å². The first-order chi connectivity index (χ1) is 19.7. The van der Waals surface area contributed by atoms with E-state index in [1.54, 1.807) is 0 Å². The lowest BCUT2D eigenvalue weighted by Crippen LogP contribution is -2.51. The predicted molar refractivity (Wildman–Crippen MR) is 167 cm³/mol. The third-order valence-electron chi connectivity index (χ3n) is 7.28. The number of primary amides is 1. The van der Waals surface area contributed by atoms with E-state index >= 15 is 0 Å². The van der Waals surface area contributed by atoms with Gasteiger partial charge >= 0.3 is 0 Å². The van der Waals surface area contributed by atoms with Gasteiger partial charge in [-0.25, -0.2) is 0 Å². The van der Waals surface area contributed by atoms with Gasteiger partial charge in [-0.3, -0.25) is 9.59 Å². The van der Waals surface area contributed by atoms with Crippen molar-refractivity contribution >= 4 is 11.8 Å². The molecule has 0 saturated heterocycles. The molecule has 3 aromatic rings. The summed E-state index contributed by atoms with van der Waals surface area (Å²) in [5.41, 5.74) is 25.4. The molecule has 2 amide bonds. The van der Waals surface area contributed by atoms with E-state index in [-0.39, 0.29) is 5.91 Å². The van der Waals surface area contributed by atoms with Gasteiger partial charge in [0.05, 0.1) is 12.6 Å². The molecule has 3 rings (SSSR count). The Balaban J connectivity index is 1.55. The first kappa shape index (κ1) is 31.8. The number of carbonyl (C=O) groups is 2. The second kappa shape index (κ2) is 15.9. The molecule has 7 N–H and O–H groups in total. The van der Waals surface area contributed by atoms with Crippen molar-refractivity contribution < 1.29 is 14.3 Å². The highest BCUT2D eigenvalue weighted by Crippen LogP contribution is 2.28. The SMILES string of the molecule is CCc1cc(OCCCCN)ccc1-c1ccc(C[C@H](N)C(=O)N[C@@H](CCCc2cc(C)cc(C)c2)C(N)=O)cc1. The maximum atomic E-state index is 12.8. The molecule has 0 saturated carbocycles. The monoisotopic (exact) mass is 558 g/mol. The number of rotatable bonds is 16. The van der Waals surface area contributed by atoms with Crippen LogP contribution in [0, 0.1) is 13.8 Å². The number of unbranched alkanes of at least 4 members (excludes halogenated alkanes) is 1. The fourth-order valence-corrected chi connectivity index (χ4v) is 5.13. The van der Waals surface area contributed by atoms with Crippen molar-refractivity contribution in [3.05, 3.63) is 88.5 Å². The molecule has 0 aliphatic carbocycles. The average Bonchev–Trinajstić information content (AvgIpc) is 2.94. The van der Waals surface area contributed by atoms with Gasteiger partial charge in [0.2, 0.25) is 11.8 Å². The maximum Gasteiger partial charge on any atom is 0.240 e. The highest BCUT2D eigenvalue weighted by Gasteiger charge is 2.22. The molecule has 7 heteroatoms. The molecular weight excluding hydrogens is 512 g/mol. The molecule has 220 valence electrons. The smallest absolute Gasteiger partial charge is 0.240 e. The molecule has 0 aliphatic heterocycles. The lowest BCUT2D eigenvalue weighted by atomic mass is 9.95. The lowest BCUT2D eigenvalue weighted by Gasteiger charge is -2.19. The third-order valence-corrected chi connectivity index (χ3v) is 7.28. The number of hydrogen-bond acceptors (Lipinski definition) is 5. The van der Waals surface area contributed by atoms with Crippen LogP contribution in [0.2, 0.25) is 0 Å². The topological polar surface area (TPSA) is 133 Å². The number of amides is 2. The largest absolute Gasteiger partial charge is 0.494 e. The molecule has 0 radical (unpaired) electrons. The molecule has 0 aromatic heterocycles. The number of nitrogens with two attached hydrogens (primary N) is 3. The Labute approximate surface area is 244 Å². The van der Waals surface area contributed by atoms with Crippen molar-refractivity contribution in [3.63, 3.8) is 0 Å². The summed E-state index contributed by atoms with van der Waals surface area (Å²) in [4.78, 5) is 24.9. The van der Waals surface area contributed by atoms with E-state index in [9.17, 15) is 9.59 Å².